The van der Waals surface area contributed by atoms with Gasteiger partial charge in [0.2, 0.25) is 0 Å². The summed E-state index contributed by atoms with van der Waals surface area (Å²) in [5.41, 5.74) is 5.16. The van der Waals surface area contributed by atoms with Crippen LogP contribution in [0.25, 0.3) is 22.3 Å². The maximum atomic E-state index is 14.2. The minimum absolute atomic E-state index is 0.0160. The van der Waals surface area contributed by atoms with E-state index in [-0.39, 0.29) is 36.0 Å². The van der Waals surface area contributed by atoms with Crippen LogP contribution in [-0.2, 0) is 36.9 Å². The van der Waals surface area contributed by atoms with Crippen molar-refractivity contribution in [3.63, 3.8) is 0 Å². The van der Waals surface area contributed by atoms with Crippen LogP contribution in [0.15, 0.2) is 102 Å². The predicted octanol–water partition coefficient (Wildman–Crippen LogP) is 9.46. The maximum absolute atomic E-state index is 14.2. The van der Waals surface area contributed by atoms with Crippen molar-refractivity contribution in [1.29, 1.82) is 0 Å². The van der Waals surface area contributed by atoms with E-state index < -0.39 is 30.3 Å². The second-order valence-electron chi connectivity index (χ2n) is 14.0. The van der Waals surface area contributed by atoms with Gasteiger partial charge in [-0.3, -0.25) is 8.98 Å². The molecule has 0 spiro atoms. The van der Waals surface area contributed by atoms with E-state index in [1.54, 1.807) is 61.5 Å². The van der Waals surface area contributed by atoms with Gasteiger partial charge in [0.1, 0.15) is 11.6 Å². The summed E-state index contributed by atoms with van der Waals surface area (Å²) in [4.78, 5) is 12.6. The standard InChI is InChI=1S/C25H27BClFO3S.C16H16BClFNO4S/c1-3-31-25(29)23(20-10-11-32-16-20)13-18(15-26(2)30)12-17-4-6-19(7-5-17)22-14-21(27)8-9-24(22)28;1-17(21)20-14(10-24-25(20,22)23)8-11-2-4-12(5-3-11)15-9-13(18)6-7-16(15)19/h4-11,14,16,18,23,30H,3,12-13,15H2,1-2H3;2-7,9,14,21H,8,10H2,1H3/t18-,23?;14-/m11/s1. The molecule has 2 heterocycles. The number of rotatable bonds is 14. The first-order valence-electron chi connectivity index (χ1n) is 18.5. The lowest BCUT2D eigenvalue weighted by Crippen LogP contribution is -2.45. The number of hydrogen-bond donors (Lipinski definition) is 2. The van der Waals surface area contributed by atoms with Crippen molar-refractivity contribution in [2.75, 3.05) is 13.2 Å². The molecule has 4 aromatic carbocycles. The number of ether oxygens (including phenoxy) is 1. The molecule has 1 aliphatic heterocycles. The number of esters is 1. The molecule has 0 saturated carbocycles. The van der Waals surface area contributed by atoms with Gasteiger partial charge in [0.05, 0.1) is 19.1 Å². The number of halogens is 4. The first-order valence-corrected chi connectivity index (χ1v) is 21.5. The number of carbonyl (C=O) groups excluding carboxylic acids is 1. The van der Waals surface area contributed by atoms with Crippen LogP contribution in [0.5, 0.6) is 0 Å². The molecule has 300 valence electrons. The van der Waals surface area contributed by atoms with E-state index in [1.165, 1.54) is 31.1 Å². The molecule has 3 atom stereocenters. The molecule has 0 bridgehead atoms. The van der Waals surface area contributed by atoms with Crippen molar-refractivity contribution < 1.29 is 41.0 Å². The van der Waals surface area contributed by atoms with Gasteiger partial charge >= 0.3 is 23.3 Å². The maximum Gasteiger partial charge on any atom is 0.393 e. The molecule has 0 aliphatic carbocycles. The van der Waals surface area contributed by atoms with E-state index in [1.807, 2.05) is 41.1 Å². The van der Waals surface area contributed by atoms with Crippen molar-refractivity contribution >= 4 is 64.8 Å². The second kappa shape index (κ2) is 20.4. The summed E-state index contributed by atoms with van der Waals surface area (Å²) >= 11 is 13.5. The Kier molecular flexibility index (Phi) is 15.9. The van der Waals surface area contributed by atoms with Gasteiger partial charge in [-0.05, 0) is 126 Å². The topological polar surface area (TPSA) is 113 Å². The van der Waals surface area contributed by atoms with E-state index in [0.29, 0.717) is 58.9 Å². The molecular weight excluding hydrogens is 813 g/mol. The van der Waals surface area contributed by atoms with Gasteiger partial charge in [-0.2, -0.15) is 24.0 Å². The van der Waals surface area contributed by atoms with Crippen molar-refractivity contribution in [3.8, 4) is 22.3 Å². The highest BCUT2D eigenvalue weighted by Gasteiger charge is 2.43. The smallest absolute Gasteiger partial charge is 0.393 e. The zero-order chi connectivity index (χ0) is 41.3. The summed E-state index contributed by atoms with van der Waals surface area (Å²) in [6.07, 6.45) is 2.24. The second-order valence-corrected chi connectivity index (χ2v) is 17.1. The Hall–Kier alpha value is -3.59. The van der Waals surface area contributed by atoms with Crippen LogP contribution in [0, 0.1) is 17.6 Å². The van der Waals surface area contributed by atoms with E-state index in [9.17, 15) is 32.0 Å². The molecule has 1 saturated heterocycles. The van der Waals surface area contributed by atoms with Gasteiger partial charge < -0.3 is 14.8 Å². The van der Waals surface area contributed by atoms with Gasteiger partial charge in [0.25, 0.3) is 6.92 Å². The third kappa shape index (κ3) is 12.2. The fourth-order valence-electron chi connectivity index (χ4n) is 6.97. The lowest BCUT2D eigenvalue weighted by molar-refractivity contribution is -0.145. The van der Waals surface area contributed by atoms with Crippen LogP contribution >= 0.6 is 34.5 Å². The molecule has 1 unspecified atom stereocenters. The molecular formula is C41H43B2Cl2F2NO7S2. The summed E-state index contributed by atoms with van der Waals surface area (Å²) < 4.78 is 62.8. The zero-order valence-electron chi connectivity index (χ0n) is 31.7. The van der Waals surface area contributed by atoms with Crippen LogP contribution < -0.4 is 0 Å². The summed E-state index contributed by atoms with van der Waals surface area (Å²) in [6, 6.07) is 25.1. The zero-order valence-corrected chi connectivity index (χ0v) is 34.8. The average Bonchev–Trinajstić information content (AvgIpc) is 3.81. The number of carbonyl (C=O) groups is 1. The Morgan fingerprint density at radius 2 is 1.47 bits per heavy atom. The molecule has 0 radical (unpaired) electrons. The van der Waals surface area contributed by atoms with E-state index in [4.69, 9.17) is 32.1 Å². The SMILES string of the molecule is CB(O)N1[C@H](Cc2ccc(-c3cc(Cl)ccc3F)cc2)COS1(=O)=O.CCOC(=O)C(C[C@H](CB(C)O)Cc1ccc(-c2cc(Cl)ccc2F)cc1)c1ccsc1. The van der Waals surface area contributed by atoms with Gasteiger partial charge in [-0.15, -0.1) is 0 Å². The van der Waals surface area contributed by atoms with Crippen LogP contribution in [0.2, 0.25) is 30.0 Å². The highest BCUT2D eigenvalue weighted by Crippen LogP contribution is 2.33. The fraction of sp³-hybridized carbons (Fsp3) is 0.293. The van der Waals surface area contributed by atoms with E-state index >= 15 is 0 Å². The van der Waals surface area contributed by atoms with Crippen molar-refractivity contribution in [3.05, 3.63) is 140 Å². The average molecular weight is 856 g/mol. The van der Waals surface area contributed by atoms with E-state index in [2.05, 4.69) is 0 Å². The minimum Gasteiger partial charge on any atom is -0.466 e. The number of hydrogen-bond acceptors (Lipinski definition) is 8. The molecule has 1 aromatic heterocycles. The molecule has 1 fully saturated rings. The first kappa shape index (κ1) is 44.5. The molecule has 8 nitrogen and oxygen atoms in total. The van der Waals surface area contributed by atoms with Crippen LogP contribution in [0.4, 0.5) is 8.78 Å². The van der Waals surface area contributed by atoms with Crippen molar-refractivity contribution in [2.24, 2.45) is 5.92 Å². The summed E-state index contributed by atoms with van der Waals surface area (Å²) in [5.74, 6) is -1.19. The normalized spacial score (nSPS) is 16.0. The lowest BCUT2D eigenvalue weighted by atomic mass is 9.61. The Morgan fingerprint density at radius 1 is 0.912 bits per heavy atom. The Labute approximate surface area is 347 Å². The predicted molar refractivity (Wildman–Crippen MR) is 226 cm³/mol. The van der Waals surface area contributed by atoms with Crippen LogP contribution in [0.3, 0.4) is 0 Å². The van der Waals surface area contributed by atoms with Gasteiger partial charge in [-0.1, -0.05) is 78.6 Å². The third-order valence-corrected chi connectivity index (χ3v) is 12.3. The minimum atomic E-state index is -3.90. The van der Waals surface area contributed by atoms with Crippen molar-refractivity contribution in [2.45, 2.75) is 58.1 Å². The molecule has 5 aromatic rings. The molecule has 57 heavy (non-hydrogen) atoms. The van der Waals surface area contributed by atoms with Gasteiger partial charge in [0, 0.05) is 27.2 Å². The molecule has 16 heteroatoms. The lowest BCUT2D eigenvalue weighted by Gasteiger charge is -2.23. The van der Waals surface area contributed by atoms with Crippen LogP contribution in [0.1, 0.15) is 36.0 Å². The largest absolute Gasteiger partial charge is 0.466 e. The molecule has 0 amide bonds. The Balaban J connectivity index is 0.000000224. The number of thiophene rings is 1. The molecule has 6 rings (SSSR count). The van der Waals surface area contributed by atoms with E-state index in [0.717, 1.165) is 26.5 Å². The first-order chi connectivity index (χ1) is 27.1. The summed E-state index contributed by atoms with van der Waals surface area (Å²) in [6.45, 7) is 4.79. The Morgan fingerprint density at radius 3 is 1.96 bits per heavy atom. The Bertz CT molecular complexity index is 2200. The number of benzene rings is 4. The van der Waals surface area contributed by atoms with Crippen molar-refractivity contribution in [1.82, 2.24) is 4.22 Å². The monoisotopic (exact) mass is 855 g/mol. The third-order valence-electron chi connectivity index (χ3n) is 9.54. The number of nitrogens with zero attached hydrogens (tertiary/aromatic N) is 1. The van der Waals surface area contributed by atoms with Gasteiger partial charge in [-0.25, -0.2) is 8.78 Å². The highest BCUT2D eigenvalue weighted by atomic mass is 35.5. The highest BCUT2D eigenvalue weighted by molar-refractivity contribution is 7.85. The quantitative estimate of drug-likeness (QED) is 0.0846. The fourth-order valence-corrected chi connectivity index (χ4v) is 9.35. The molecule has 2 N–H and O–H groups in total. The van der Waals surface area contributed by atoms with Gasteiger partial charge in [0.15, 0.2) is 0 Å². The summed E-state index contributed by atoms with van der Waals surface area (Å²) in [7, 11) is -5.07. The molecule has 1 aliphatic rings. The summed E-state index contributed by atoms with van der Waals surface area (Å²) in [5, 5.41) is 24.6. The van der Waals surface area contributed by atoms with Crippen LogP contribution in [-0.4, -0.2) is 61.9 Å².